The molecule has 0 aliphatic rings. The first kappa shape index (κ1) is 34.3. The van der Waals surface area contributed by atoms with Crippen molar-refractivity contribution in [3.8, 4) is 23.0 Å². The number of aromatic carboxylic acids is 1. The van der Waals surface area contributed by atoms with Crippen LogP contribution in [-0.2, 0) is 6.42 Å². The Balaban J connectivity index is 1.54. The average Bonchev–Trinajstić information content (AvgIpc) is 2.96. The lowest BCUT2D eigenvalue weighted by molar-refractivity contribution is 0.0695. The summed E-state index contributed by atoms with van der Waals surface area (Å²) < 4.78 is 11.7. The number of aryl methyl sites for hydroxylation is 1. The van der Waals surface area contributed by atoms with E-state index in [-0.39, 0.29) is 17.1 Å². The van der Waals surface area contributed by atoms with Gasteiger partial charge in [-0.05, 0) is 49.4 Å². The largest absolute Gasteiger partial charge is 0.504 e. The molecule has 0 saturated carbocycles. The summed E-state index contributed by atoms with van der Waals surface area (Å²) in [4.78, 5) is 11.6. The Morgan fingerprint density at radius 2 is 1.10 bits per heavy atom. The number of carbonyl (C=O) groups is 1. The normalized spacial score (nSPS) is 11.0. The number of carboxylic acids is 1. The number of para-hydroxylation sites is 1. The number of carboxylic acid groups (broad SMARTS) is 1. The molecule has 6 heteroatoms. The number of unbranched alkanes of at least 4 members (excludes halogenated alkanes) is 16. The topological polar surface area (TPSA) is 96.2 Å². The molecular weight excluding hydrogens is 516 g/mol. The summed E-state index contributed by atoms with van der Waals surface area (Å²) in [5, 5.41) is 29.0. The van der Waals surface area contributed by atoms with Crippen molar-refractivity contribution in [2.75, 3.05) is 13.2 Å². The van der Waals surface area contributed by atoms with Crippen LogP contribution in [-0.4, -0.2) is 34.5 Å². The van der Waals surface area contributed by atoms with Crippen LogP contribution >= 0.6 is 0 Å². The molecule has 0 spiro atoms. The van der Waals surface area contributed by atoms with Gasteiger partial charge in [0.2, 0.25) is 0 Å². The Kier molecular flexibility index (Phi) is 18.2. The first-order valence-electron chi connectivity index (χ1n) is 16.1. The molecule has 41 heavy (non-hydrogen) atoms. The molecular formula is C35H54O6. The second-order valence-electron chi connectivity index (χ2n) is 11.2. The van der Waals surface area contributed by atoms with Crippen molar-refractivity contribution in [1.82, 2.24) is 0 Å². The minimum Gasteiger partial charge on any atom is -0.504 e. The van der Waals surface area contributed by atoms with Crippen molar-refractivity contribution >= 4 is 5.97 Å². The maximum Gasteiger partial charge on any atom is 0.335 e. The summed E-state index contributed by atoms with van der Waals surface area (Å²) in [6.07, 6.45) is 22.7. The van der Waals surface area contributed by atoms with Gasteiger partial charge in [0.25, 0.3) is 0 Å². The molecule has 6 nitrogen and oxygen atoms in total. The standard InChI is InChI=1S/C35H54O6/c1-2-3-4-5-6-7-8-9-10-11-12-13-15-18-24-40-31-26-30(35(38)39)27-32(28-31)41-25-19-16-14-17-21-29-22-20-23-33(36)34(29)37/h20,22-23,26-28,36-37H,2-19,21,24-25H2,1H3,(H,38,39). The third-order valence-electron chi connectivity index (χ3n) is 7.60. The predicted molar refractivity (Wildman–Crippen MR) is 167 cm³/mol. The number of ether oxygens (including phenoxy) is 2. The zero-order valence-corrected chi connectivity index (χ0v) is 25.4. The van der Waals surface area contributed by atoms with Crippen molar-refractivity contribution < 1.29 is 29.6 Å². The number of aromatic hydroxyl groups is 2. The monoisotopic (exact) mass is 570 g/mol. The maximum absolute atomic E-state index is 11.6. The van der Waals surface area contributed by atoms with Gasteiger partial charge in [-0.15, -0.1) is 0 Å². The van der Waals surface area contributed by atoms with E-state index < -0.39 is 5.97 Å². The fourth-order valence-corrected chi connectivity index (χ4v) is 5.09. The van der Waals surface area contributed by atoms with Crippen molar-refractivity contribution in [3.63, 3.8) is 0 Å². The van der Waals surface area contributed by atoms with Gasteiger partial charge >= 0.3 is 5.97 Å². The van der Waals surface area contributed by atoms with Crippen LogP contribution in [0.2, 0.25) is 0 Å². The fourth-order valence-electron chi connectivity index (χ4n) is 5.09. The van der Waals surface area contributed by atoms with Crippen LogP contribution in [0.3, 0.4) is 0 Å². The van der Waals surface area contributed by atoms with Crippen LogP contribution in [0.1, 0.15) is 138 Å². The summed E-state index contributed by atoms with van der Waals surface area (Å²) in [6, 6.07) is 9.93. The molecule has 0 aliphatic heterocycles. The summed E-state index contributed by atoms with van der Waals surface area (Å²) in [5.74, 6) is -0.0445. The van der Waals surface area contributed by atoms with Crippen LogP contribution in [0, 0.1) is 0 Å². The Hall–Kier alpha value is -2.89. The molecule has 0 unspecified atom stereocenters. The van der Waals surface area contributed by atoms with Gasteiger partial charge in [0.05, 0.1) is 18.8 Å². The zero-order chi connectivity index (χ0) is 29.5. The first-order chi connectivity index (χ1) is 20.0. The van der Waals surface area contributed by atoms with Gasteiger partial charge in [-0.25, -0.2) is 4.79 Å². The predicted octanol–water partition coefficient (Wildman–Crippen LogP) is 9.84. The molecule has 230 valence electrons. The number of phenols is 2. The summed E-state index contributed by atoms with van der Waals surface area (Å²) in [5.41, 5.74) is 0.928. The molecule has 0 heterocycles. The molecule has 0 bridgehead atoms. The van der Waals surface area contributed by atoms with Gasteiger partial charge in [0.15, 0.2) is 11.5 Å². The van der Waals surface area contributed by atoms with Crippen molar-refractivity contribution in [2.24, 2.45) is 0 Å². The molecule has 0 atom stereocenters. The molecule has 3 N–H and O–H groups in total. The molecule has 2 aromatic carbocycles. The zero-order valence-electron chi connectivity index (χ0n) is 25.4. The highest BCUT2D eigenvalue weighted by Crippen LogP contribution is 2.29. The van der Waals surface area contributed by atoms with Crippen molar-refractivity contribution in [1.29, 1.82) is 0 Å². The molecule has 2 rings (SSSR count). The molecule has 0 radical (unpaired) electrons. The van der Waals surface area contributed by atoms with Gasteiger partial charge in [-0.3, -0.25) is 0 Å². The lowest BCUT2D eigenvalue weighted by Gasteiger charge is -2.11. The SMILES string of the molecule is CCCCCCCCCCCCCCCCOc1cc(OCCCCCCc2cccc(O)c2O)cc(C(=O)O)c1. The Morgan fingerprint density at radius 1 is 0.634 bits per heavy atom. The number of benzene rings is 2. The van der Waals surface area contributed by atoms with E-state index in [9.17, 15) is 20.1 Å². The van der Waals surface area contributed by atoms with E-state index in [1.165, 1.54) is 83.1 Å². The fraction of sp³-hybridized carbons (Fsp3) is 0.629. The number of rotatable bonds is 25. The van der Waals surface area contributed by atoms with E-state index in [1.54, 1.807) is 24.3 Å². The lowest BCUT2D eigenvalue weighted by atomic mass is 10.0. The van der Waals surface area contributed by atoms with E-state index in [0.29, 0.717) is 31.1 Å². The highest BCUT2D eigenvalue weighted by molar-refractivity contribution is 5.88. The summed E-state index contributed by atoms with van der Waals surface area (Å²) >= 11 is 0. The first-order valence-corrected chi connectivity index (χ1v) is 16.1. The van der Waals surface area contributed by atoms with E-state index in [2.05, 4.69) is 6.92 Å². The van der Waals surface area contributed by atoms with Crippen molar-refractivity contribution in [3.05, 3.63) is 47.5 Å². The van der Waals surface area contributed by atoms with Crippen LogP contribution < -0.4 is 9.47 Å². The minimum atomic E-state index is -0.994. The molecule has 0 amide bonds. The van der Waals surface area contributed by atoms with E-state index in [0.717, 1.165) is 44.1 Å². The van der Waals surface area contributed by atoms with Gasteiger partial charge in [-0.2, -0.15) is 0 Å². The minimum absolute atomic E-state index is 0.0310. The Morgan fingerprint density at radius 3 is 1.59 bits per heavy atom. The number of hydrogen-bond acceptors (Lipinski definition) is 5. The highest BCUT2D eigenvalue weighted by Gasteiger charge is 2.10. The van der Waals surface area contributed by atoms with E-state index >= 15 is 0 Å². The summed E-state index contributed by atoms with van der Waals surface area (Å²) in [7, 11) is 0. The lowest BCUT2D eigenvalue weighted by Crippen LogP contribution is -2.03. The second kappa shape index (κ2) is 21.8. The van der Waals surface area contributed by atoms with Gasteiger partial charge < -0.3 is 24.8 Å². The van der Waals surface area contributed by atoms with Gasteiger partial charge in [0, 0.05) is 6.07 Å². The van der Waals surface area contributed by atoms with E-state index in [1.807, 2.05) is 6.07 Å². The van der Waals surface area contributed by atoms with Crippen molar-refractivity contribution in [2.45, 2.75) is 129 Å². The van der Waals surface area contributed by atoms with E-state index in [4.69, 9.17) is 9.47 Å². The molecule has 0 fully saturated rings. The molecule has 2 aromatic rings. The maximum atomic E-state index is 11.6. The van der Waals surface area contributed by atoms with Gasteiger partial charge in [-0.1, -0.05) is 115 Å². The van der Waals surface area contributed by atoms with Crippen LogP contribution in [0.15, 0.2) is 36.4 Å². The smallest absolute Gasteiger partial charge is 0.335 e. The summed E-state index contributed by atoms with van der Waals surface area (Å²) in [6.45, 7) is 3.34. The third kappa shape index (κ3) is 15.6. The van der Waals surface area contributed by atoms with Crippen LogP contribution in [0.25, 0.3) is 0 Å². The Labute approximate surface area is 248 Å². The Bertz CT molecular complexity index is 973. The average molecular weight is 571 g/mol. The van der Waals surface area contributed by atoms with Crippen LogP contribution in [0.4, 0.5) is 0 Å². The second-order valence-corrected chi connectivity index (χ2v) is 11.2. The quantitative estimate of drug-likeness (QED) is 0.0812. The molecule has 0 saturated heterocycles. The number of phenolic OH excluding ortho intramolecular Hbond substituents is 2. The molecule has 0 aliphatic carbocycles. The highest BCUT2D eigenvalue weighted by atomic mass is 16.5. The third-order valence-corrected chi connectivity index (χ3v) is 7.60. The van der Waals surface area contributed by atoms with Crippen LogP contribution in [0.5, 0.6) is 23.0 Å². The van der Waals surface area contributed by atoms with Gasteiger partial charge in [0.1, 0.15) is 11.5 Å². The molecule has 0 aromatic heterocycles. The number of hydrogen-bond donors (Lipinski definition) is 3.